The maximum absolute atomic E-state index is 11.7. The Balaban J connectivity index is 2.79. The van der Waals surface area contributed by atoms with E-state index in [1.807, 2.05) is 0 Å². The molecule has 0 aromatic rings. The molecule has 1 atom stereocenters. The minimum Gasteiger partial charge on any atom is -0.491 e. The van der Waals surface area contributed by atoms with Crippen molar-refractivity contribution in [1.29, 1.82) is 0 Å². The van der Waals surface area contributed by atoms with Gasteiger partial charge in [-0.15, -0.1) is 6.42 Å². The Morgan fingerprint density at radius 2 is 2.44 bits per heavy atom. The Kier molecular flexibility index (Phi) is 3.95. The lowest BCUT2D eigenvalue weighted by Crippen LogP contribution is -2.45. The van der Waals surface area contributed by atoms with Crippen LogP contribution in [0.2, 0.25) is 0 Å². The van der Waals surface area contributed by atoms with Crippen molar-refractivity contribution in [1.82, 2.24) is 10.2 Å². The number of nitrogens with one attached hydrogen (secondary N) is 1. The highest BCUT2D eigenvalue weighted by molar-refractivity contribution is 6.01. The molecular weight excluding hydrogens is 208 g/mol. The van der Waals surface area contributed by atoms with Gasteiger partial charge in [-0.3, -0.25) is 9.59 Å². The number of hydrogen-bond acceptors (Lipinski definition) is 3. The van der Waals surface area contributed by atoms with Gasteiger partial charge in [0.05, 0.1) is 13.7 Å². The third-order valence-corrected chi connectivity index (χ3v) is 2.31. The van der Waals surface area contributed by atoms with E-state index in [0.29, 0.717) is 6.54 Å². The Labute approximate surface area is 94.4 Å². The summed E-state index contributed by atoms with van der Waals surface area (Å²) in [6, 6.07) is -0.624. The maximum Gasteiger partial charge on any atom is 0.289 e. The normalized spacial score (nSPS) is 19.1. The van der Waals surface area contributed by atoms with E-state index in [9.17, 15) is 9.59 Å². The molecule has 0 aromatic carbocycles. The summed E-state index contributed by atoms with van der Waals surface area (Å²) in [5, 5.41) is 2.53. The first-order valence-corrected chi connectivity index (χ1v) is 4.93. The van der Waals surface area contributed by atoms with Crippen LogP contribution >= 0.6 is 0 Å². The van der Waals surface area contributed by atoms with E-state index in [0.717, 1.165) is 0 Å². The Hall–Kier alpha value is -1.96. The molecular formula is C11H14N2O3. The Morgan fingerprint density at radius 3 is 2.94 bits per heavy atom. The molecule has 0 saturated carbocycles. The quantitative estimate of drug-likeness (QED) is 0.652. The molecule has 0 bridgehead atoms. The van der Waals surface area contributed by atoms with E-state index in [4.69, 9.17) is 11.2 Å². The summed E-state index contributed by atoms with van der Waals surface area (Å²) < 4.78 is 4.89. The summed E-state index contributed by atoms with van der Waals surface area (Å²) in [5.41, 5.74) is 0. The van der Waals surface area contributed by atoms with E-state index in [1.54, 1.807) is 6.92 Å². The van der Waals surface area contributed by atoms with Gasteiger partial charge in [-0.25, -0.2) is 0 Å². The number of rotatable bonds is 4. The van der Waals surface area contributed by atoms with Crippen molar-refractivity contribution in [3.63, 3.8) is 0 Å². The minimum atomic E-state index is -0.624. The lowest BCUT2D eigenvalue weighted by Gasteiger charge is -2.21. The molecule has 1 unspecified atom stereocenters. The monoisotopic (exact) mass is 222 g/mol. The van der Waals surface area contributed by atoms with Crippen LogP contribution in [0.25, 0.3) is 0 Å². The zero-order valence-corrected chi connectivity index (χ0v) is 9.32. The van der Waals surface area contributed by atoms with Crippen LogP contribution in [0.4, 0.5) is 0 Å². The Morgan fingerprint density at radius 1 is 1.75 bits per heavy atom. The van der Waals surface area contributed by atoms with Gasteiger partial charge in [0.25, 0.3) is 5.91 Å². The molecule has 5 heteroatoms. The fourth-order valence-electron chi connectivity index (χ4n) is 1.53. The molecule has 0 spiro atoms. The van der Waals surface area contributed by atoms with Crippen molar-refractivity contribution in [3.05, 3.63) is 11.8 Å². The number of amides is 2. The van der Waals surface area contributed by atoms with Crippen molar-refractivity contribution >= 4 is 11.8 Å². The van der Waals surface area contributed by atoms with E-state index < -0.39 is 6.04 Å². The summed E-state index contributed by atoms with van der Waals surface area (Å²) >= 11 is 0. The predicted molar refractivity (Wildman–Crippen MR) is 58.1 cm³/mol. The van der Waals surface area contributed by atoms with Crippen LogP contribution in [0.15, 0.2) is 11.8 Å². The van der Waals surface area contributed by atoms with E-state index in [-0.39, 0.29) is 24.1 Å². The number of terminal acetylenes is 1. The minimum absolute atomic E-state index is 0.150. The van der Waals surface area contributed by atoms with Gasteiger partial charge < -0.3 is 15.0 Å². The molecule has 16 heavy (non-hydrogen) atoms. The molecule has 1 heterocycles. The third kappa shape index (κ3) is 2.16. The molecule has 0 radical (unpaired) electrons. The lowest BCUT2D eigenvalue weighted by molar-refractivity contribution is -0.135. The largest absolute Gasteiger partial charge is 0.491 e. The van der Waals surface area contributed by atoms with Gasteiger partial charge in [-0.05, 0) is 13.0 Å². The van der Waals surface area contributed by atoms with Gasteiger partial charge in [0.15, 0.2) is 5.76 Å². The first kappa shape index (κ1) is 12.1. The average Bonchev–Trinajstić information content (AvgIpc) is 2.62. The molecule has 0 saturated heterocycles. The second-order valence-electron chi connectivity index (χ2n) is 3.19. The highest BCUT2D eigenvalue weighted by atomic mass is 16.5. The van der Waals surface area contributed by atoms with Gasteiger partial charge in [-0.1, -0.05) is 5.92 Å². The summed E-state index contributed by atoms with van der Waals surface area (Å²) in [6.45, 7) is 2.39. The van der Waals surface area contributed by atoms with Crippen molar-refractivity contribution in [2.75, 3.05) is 20.2 Å². The molecule has 1 rings (SSSR count). The van der Waals surface area contributed by atoms with E-state index in [1.165, 1.54) is 18.1 Å². The molecule has 0 fully saturated rings. The summed E-state index contributed by atoms with van der Waals surface area (Å²) in [5.74, 6) is 1.94. The first-order valence-electron chi connectivity index (χ1n) is 4.93. The molecule has 0 aromatic heterocycles. The zero-order valence-electron chi connectivity index (χ0n) is 9.32. The van der Waals surface area contributed by atoms with Gasteiger partial charge in [0, 0.05) is 6.54 Å². The number of ether oxygens (including phenoxy) is 1. The highest BCUT2D eigenvalue weighted by Gasteiger charge is 2.36. The number of likely N-dealkylation sites (N-methyl/N-ethyl adjacent to an activating group) is 1. The summed E-state index contributed by atoms with van der Waals surface area (Å²) in [6.07, 6.45) is 6.54. The summed E-state index contributed by atoms with van der Waals surface area (Å²) in [7, 11) is 1.40. The highest BCUT2D eigenvalue weighted by Crippen LogP contribution is 2.18. The number of methoxy groups -OCH3 is 1. The van der Waals surface area contributed by atoms with Gasteiger partial charge in [-0.2, -0.15) is 0 Å². The van der Waals surface area contributed by atoms with E-state index >= 15 is 0 Å². The van der Waals surface area contributed by atoms with Crippen molar-refractivity contribution in [3.8, 4) is 12.3 Å². The zero-order chi connectivity index (χ0) is 12.1. The van der Waals surface area contributed by atoms with Crippen LogP contribution in [-0.2, 0) is 14.3 Å². The molecule has 1 aliphatic heterocycles. The van der Waals surface area contributed by atoms with Gasteiger partial charge in [0.1, 0.15) is 6.04 Å². The van der Waals surface area contributed by atoms with Crippen molar-refractivity contribution < 1.29 is 14.3 Å². The molecule has 2 amide bonds. The van der Waals surface area contributed by atoms with Crippen LogP contribution < -0.4 is 5.32 Å². The van der Waals surface area contributed by atoms with Crippen LogP contribution in [0.5, 0.6) is 0 Å². The molecule has 1 aliphatic rings. The molecule has 0 aliphatic carbocycles. The fraction of sp³-hybridized carbons (Fsp3) is 0.455. The Bertz CT molecular complexity index is 368. The second kappa shape index (κ2) is 5.21. The van der Waals surface area contributed by atoms with Crippen LogP contribution in [0, 0.1) is 12.3 Å². The van der Waals surface area contributed by atoms with Crippen LogP contribution in [-0.4, -0.2) is 43.0 Å². The van der Waals surface area contributed by atoms with Crippen LogP contribution in [0.1, 0.15) is 6.92 Å². The number of carbonyl (C=O) groups is 2. The van der Waals surface area contributed by atoms with Gasteiger partial charge in [0.2, 0.25) is 5.91 Å². The molecule has 86 valence electrons. The topological polar surface area (TPSA) is 58.6 Å². The second-order valence-corrected chi connectivity index (χ2v) is 3.19. The smallest absolute Gasteiger partial charge is 0.289 e. The number of hydrogen-bond donors (Lipinski definition) is 1. The molecule has 5 nitrogen and oxygen atoms in total. The predicted octanol–water partition coefficient (Wildman–Crippen LogP) is -0.503. The average molecular weight is 222 g/mol. The van der Waals surface area contributed by atoms with Crippen molar-refractivity contribution in [2.24, 2.45) is 0 Å². The third-order valence-electron chi connectivity index (χ3n) is 2.31. The first-order chi connectivity index (χ1) is 7.65. The lowest BCUT2D eigenvalue weighted by atomic mass is 10.2. The standard InChI is InChI=1S/C11H14N2O3/c1-4-6-12-10(14)8-7-9(16-3)11(15)13(8)5-2/h1,7-8H,5-6H2,2-3H3,(H,12,14). The SMILES string of the molecule is C#CCNC(=O)C1C=C(OC)C(=O)N1CC. The maximum atomic E-state index is 11.7. The van der Waals surface area contributed by atoms with Crippen LogP contribution in [0.3, 0.4) is 0 Å². The number of carbonyl (C=O) groups excluding carboxylic acids is 2. The molecule has 1 N–H and O–H groups in total. The number of nitrogens with zero attached hydrogens (tertiary/aromatic N) is 1. The van der Waals surface area contributed by atoms with Gasteiger partial charge >= 0.3 is 0 Å². The summed E-state index contributed by atoms with van der Waals surface area (Å²) in [4.78, 5) is 24.8. The van der Waals surface area contributed by atoms with Crippen molar-refractivity contribution in [2.45, 2.75) is 13.0 Å². The fourth-order valence-corrected chi connectivity index (χ4v) is 1.53. The van der Waals surface area contributed by atoms with E-state index in [2.05, 4.69) is 11.2 Å².